The monoisotopic (exact) mass is 646 g/mol. The largest absolute Gasteiger partial charge is 0.458 e. The van der Waals surface area contributed by atoms with Crippen molar-refractivity contribution in [3.8, 4) is 12.3 Å². The van der Waals surface area contributed by atoms with Crippen LogP contribution in [-0.4, -0.2) is 64.0 Å². The van der Waals surface area contributed by atoms with Crippen LogP contribution < -0.4 is 16.4 Å². The molecule has 3 rings (SSSR count). The zero-order chi connectivity index (χ0) is 34.9. The average molecular weight is 647 g/mol. The molecule has 0 radical (unpaired) electrons. The van der Waals surface area contributed by atoms with Gasteiger partial charge in [-0.3, -0.25) is 14.4 Å². The van der Waals surface area contributed by atoms with Crippen molar-refractivity contribution in [2.45, 2.75) is 109 Å². The van der Waals surface area contributed by atoms with Gasteiger partial charge in [-0.2, -0.15) is 0 Å². The maximum absolute atomic E-state index is 14.5. The molecular formula is C36H46N4O7. The topological polar surface area (TPSA) is 157 Å². The Kier molecular flexibility index (Phi) is 12.2. The standard InChI is InChI=1S/C36H46N4O7/c1-8-23-17-19-25(20-18-23)30(31(42)38-28(33(44)46-35(2,3)4)21-24-13-10-9-11-14-24)40(26-15-12-16-26)32(43)27(22-29(37)41)39-34(45)47-36(5,6)7/h1,9-11,13-14,17-20,26-28,30H,12,15-16,21-22H2,2-7H3,(H2,37,41)(H,38,42)(H,39,45). The van der Waals surface area contributed by atoms with Gasteiger partial charge in [-0.15, -0.1) is 6.42 Å². The summed E-state index contributed by atoms with van der Waals surface area (Å²) in [5.74, 6) is -0.284. The summed E-state index contributed by atoms with van der Waals surface area (Å²) in [5.41, 5.74) is 5.56. The van der Waals surface area contributed by atoms with Crippen LogP contribution in [-0.2, 0) is 35.1 Å². The number of terminal acetylenes is 1. The molecule has 4 N–H and O–H groups in total. The van der Waals surface area contributed by atoms with Crippen molar-refractivity contribution in [3.05, 3.63) is 71.3 Å². The molecule has 3 unspecified atom stereocenters. The molecule has 11 nitrogen and oxygen atoms in total. The van der Waals surface area contributed by atoms with E-state index in [1.165, 1.54) is 4.90 Å². The van der Waals surface area contributed by atoms with Gasteiger partial charge in [-0.25, -0.2) is 9.59 Å². The molecule has 2 aromatic carbocycles. The maximum atomic E-state index is 14.5. The van der Waals surface area contributed by atoms with Crippen molar-refractivity contribution in [1.82, 2.24) is 15.5 Å². The second-order valence-electron chi connectivity index (χ2n) is 13.7. The minimum absolute atomic E-state index is 0.131. The third-order valence-electron chi connectivity index (χ3n) is 7.33. The molecule has 11 heteroatoms. The molecule has 0 heterocycles. The molecule has 1 aliphatic rings. The van der Waals surface area contributed by atoms with E-state index in [-0.39, 0.29) is 6.42 Å². The van der Waals surface area contributed by atoms with E-state index in [0.29, 0.717) is 24.0 Å². The third kappa shape index (κ3) is 11.2. The zero-order valence-corrected chi connectivity index (χ0v) is 28.0. The van der Waals surface area contributed by atoms with E-state index in [9.17, 15) is 24.0 Å². The molecular weight excluding hydrogens is 600 g/mol. The smallest absolute Gasteiger partial charge is 0.408 e. The van der Waals surface area contributed by atoms with Crippen molar-refractivity contribution in [2.24, 2.45) is 5.73 Å². The van der Waals surface area contributed by atoms with E-state index in [0.717, 1.165) is 12.0 Å². The predicted octanol–water partition coefficient (Wildman–Crippen LogP) is 3.93. The highest BCUT2D eigenvalue weighted by Gasteiger charge is 2.43. The summed E-state index contributed by atoms with van der Waals surface area (Å²) in [6, 6.07) is 11.5. The Morgan fingerprint density at radius 2 is 1.49 bits per heavy atom. The van der Waals surface area contributed by atoms with E-state index < -0.39 is 71.6 Å². The number of ether oxygens (including phenoxy) is 2. The van der Waals surface area contributed by atoms with Crippen molar-refractivity contribution < 1.29 is 33.4 Å². The van der Waals surface area contributed by atoms with Crippen LogP contribution in [0.4, 0.5) is 4.79 Å². The van der Waals surface area contributed by atoms with Gasteiger partial charge in [0.25, 0.3) is 0 Å². The number of nitrogens with two attached hydrogens (primary N) is 1. The van der Waals surface area contributed by atoms with Crippen LogP contribution >= 0.6 is 0 Å². The molecule has 1 fully saturated rings. The van der Waals surface area contributed by atoms with E-state index in [1.807, 2.05) is 30.3 Å². The second kappa shape index (κ2) is 15.6. The number of hydrogen-bond donors (Lipinski definition) is 3. The van der Waals surface area contributed by atoms with Gasteiger partial charge in [0.05, 0.1) is 6.42 Å². The van der Waals surface area contributed by atoms with Crippen LogP contribution in [0.5, 0.6) is 0 Å². The number of alkyl carbamates (subject to hydrolysis) is 1. The molecule has 2 aromatic rings. The van der Waals surface area contributed by atoms with Gasteiger partial charge in [0, 0.05) is 18.0 Å². The van der Waals surface area contributed by atoms with Crippen molar-refractivity contribution in [3.63, 3.8) is 0 Å². The lowest BCUT2D eigenvalue weighted by atomic mass is 9.87. The lowest BCUT2D eigenvalue weighted by molar-refractivity contribution is -0.159. The molecule has 0 aromatic heterocycles. The molecule has 0 aliphatic heterocycles. The lowest BCUT2D eigenvalue weighted by Gasteiger charge is -2.43. The quantitative estimate of drug-likeness (QED) is 0.233. The maximum Gasteiger partial charge on any atom is 0.408 e. The van der Waals surface area contributed by atoms with Gasteiger partial charge in [-0.1, -0.05) is 48.4 Å². The number of nitrogens with one attached hydrogen (secondary N) is 2. The summed E-state index contributed by atoms with van der Waals surface area (Å²) in [6.07, 6.45) is 6.22. The number of hydrogen-bond acceptors (Lipinski definition) is 7. The minimum Gasteiger partial charge on any atom is -0.458 e. The number of benzene rings is 2. The van der Waals surface area contributed by atoms with Gasteiger partial charge in [0.2, 0.25) is 17.7 Å². The molecule has 0 bridgehead atoms. The first-order valence-corrected chi connectivity index (χ1v) is 15.7. The van der Waals surface area contributed by atoms with Crippen LogP contribution in [0, 0.1) is 12.3 Å². The molecule has 1 aliphatic carbocycles. The van der Waals surface area contributed by atoms with Crippen LogP contribution in [0.25, 0.3) is 0 Å². The first kappa shape index (κ1) is 36.6. The fraction of sp³-hybridized carbons (Fsp3) is 0.472. The number of carbonyl (C=O) groups is 5. The Balaban J connectivity index is 2.08. The highest BCUT2D eigenvalue weighted by atomic mass is 16.6. The van der Waals surface area contributed by atoms with Crippen molar-refractivity contribution in [1.29, 1.82) is 0 Å². The fourth-order valence-corrected chi connectivity index (χ4v) is 5.08. The lowest BCUT2D eigenvalue weighted by Crippen LogP contribution is -2.59. The molecule has 0 spiro atoms. The summed E-state index contributed by atoms with van der Waals surface area (Å²) in [4.78, 5) is 68.6. The number of esters is 1. The summed E-state index contributed by atoms with van der Waals surface area (Å²) in [6.45, 7) is 10.2. The Morgan fingerprint density at radius 1 is 0.894 bits per heavy atom. The third-order valence-corrected chi connectivity index (χ3v) is 7.33. The Labute approximate surface area is 276 Å². The van der Waals surface area contributed by atoms with Crippen LogP contribution in [0.15, 0.2) is 54.6 Å². The molecule has 0 saturated heterocycles. The van der Waals surface area contributed by atoms with Gasteiger partial charge < -0.3 is 30.7 Å². The van der Waals surface area contributed by atoms with Crippen LogP contribution in [0.2, 0.25) is 0 Å². The summed E-state index contributed by atoms with van der Waals surface area (Å²) >= 11 is 0. The van der Waals surface area contributed by atoms with E-state index in [1.54, 1.807) is 65.8 Å². The van der Waals surface area contributed by atoms with Gasteiger partial charge in [-0.05, 0) is 84.1 Å². The SMILES string of the molecule is C#Cc1ccc(C(C(=O)NC(Cc2ccccc2)C(=O)OC(C)(C)C)N(C(=O)C(CC(N)=O)NC(=O)OC(C)(C)C)C2CCC2)cc1. The fourth-order valence-electron chi connectivity index (χ4n) is 5.08. The first-order valence-electron chi connectivity index (χ1n) is 15.7. The molecule has 252 valence electrons. The number of rotatable bonds is 12. The highest BCUT2D eigenvalue weighted by Crippen LogP contribution is 2.34. The minimum atomic E-state index is -1.42. The average Bonchev–Trinajstić information content (AvgIpc) is 2.93. The second-order valence-corrected chi connectivity index (χ2v) is 13.7. The summed E-state index contributed by atoms with van der Waals surface area (Å²) < 4.78 is 11.0. The molecule has 3 atom stereocenters. The van der Waals surface area contributed by atoms with Crippen molar-refractivity contribution in [2.75, 3.05) is 0 Å². The van der Waals surface area contributed by atoms with Crippen LogP contribution in [0.1, 0.15) is 90.0 Å². The molecule has 4 amide bonds. The Bertz CT molecular complexity index is 1470. The molecule has 47 heavy (non-hydrogen) atoms. The van der Waals surface area contributed by atoms with E-state index in [4.69, 9.17) is 21.6 Å². The van der Waals surface area contributed by atoms with Gasteiger partial charge >= 0.3 is 12.1 Å². The van der Waals surface area contributed by atoms with Crippen LogP contribution in [0.3, 0.4) is 0 Å². The number of primary amides is 1. The van der Waals surface area contributed by atoms with Crippen molar-refractivity contribution >= 4 is 29.8 Å². The van der Waals surface area contributed by atoms with E-state index >= 15 is 0 Å². The Morgan fingerprint density at radius 3 is 1.98 bits per heavy atom. The van der Waals surface area contributed by atoms with Gasteiger partial charge in [0.1, 0.15) is 29.3 Å². The summed E-state index contributed by atoms with van der Waals surface area (Å²) in [5, 5.41) is 5.34. The summed E-state index contributed by atoms with van der Waals surface area (Å²) in [7, 11) is 0. The number of nitrogens with zero attached hydrogens (tertiary/aromatic N) is 1. The predicted molar refractivity (Wildman–Crippen MR) is 176 cm³/mol. The highest BCUT2D eigenvalue weighted by molar-refractivity contribution is 5.96. The number of carbonyl (C=O) groups excluding carboxylic acids is 5. The zero-order valence-electron chi connectivity index (χ0n) is 28.0. The first-order chi connectivity index (χ1) is 22.0. The molecule has 1 saturated carbocycles. The number of amides is 4. The Hall–Kier alpha value is -4.85. The van der Waals surface area contributed by atoms with E-state index in [2.05, 4.69) is 16.6 Å². The van der Waals surface area contributed by atoms with Gasteiger partial charge in [0.15, 0.2) is 0 Å². The normalized spacial score (nSPS) is 15.1.